The normalized spacial score (nSPS) is 19.6. The highest BCUT2D eigenvalue weighted by Gasteiger charge is 2.32. The monoisotopic (exact) mass is 301 g/mol. The summed E-state index contributed by atoms with van der Waals surface area (Å²) in [6.07, 6.45) is 1.29. The third-order valence-electron chi connectivity index (χ3n) is 3.33. The molecule has 0 aromatic rings. The van der Waals surface area contributed by atoms with Gasteiger partial charge in [0.05, 0.1) is 0 Å². The number of likely N-dealkylation sites (tertiary alicyclic amines) is 1. The fourth-order valence-electron chi connectivity index (χ4n) is 2.23. The molecule has 0 saturated carbocycles. The molecule has 0 spiro atoms. The summed E-state index contributed by atoms with van der Waals surface area (Å²) in [6, 6.07) is -2.78. The number of aliphatic carboxylic acids is 2. The number of hydrogen-bond donors (Lipinski definition) is 4. The fourth-order valence-corrected chi connectivity index (χ4v) is 2.23. The predicted octanol–water partition coefficient (Wildman–Crippen LogP) is -0.646. The Labute approximate surface area is 121 Å². The summed E-state index contributed by atoms with van der Waals surface area (Å²) in [7, 11) is 0. The van der Waals surface area contributed by atoms with Crippen LogP contribution < -0.4 is 11.1 Å². The molecule has 9 heteroatoms. The Morgan fingerprint density at radius 2 is 1.90 bits per heavy atom. The lowest BCUT2D eigenvalue weighted by Gasteiger charge is -2.34. The van der Waals surface area contributed by atoms with E-state index in [0.29, 0.717) is 19.4 Å². The summed E-state index contributed by atoms with van der Waals surface area (Å²) < 4.78 is 0. The first-order valence-electron chi connectivity index (χ1n) is 6.64. The highest BCUT2D eigenvalue weighted by Crippen LogP contribution is 2.17. The maximum atomic E-state index is 12.1. The molecular weight excluding hydrogens is 282 g/mol. The Balaban J connectivity index is 2.68. The Hall–Kier alpha value is -2.32. The molecule has 1 aliphatic heterocycles. The Morgan fingerprint density at radius 1 is 1.24 bits per heavy atom. The highest BCUT2D eigenvalue weighted by atomic mass is 16.4. The zero-order valence-electron chi connectivity index (χ0n) is 11.4. The molecule has 1 fully saturated rings. The molecule has 0 aliphatic carbocycles. The minimum atomic E-state index is -1.32. The number of hydrogen-bond acceptors (Lipinski definition) is 4. The quantitative estimate of drug-likeness (QED) is 0.512. The van der Waals surface area contributed by atoms with Gasteiger partial charge in [-0.3, -0.25) is 9.59 Å². The first-order valence-corrected chi connectivity index (χ1v) is 6.64. The number of primary amides is 1. The highest BCUT2D eigenvalue weighted by molar-refractivity contribution is 5.88. The summed E-state index contributed by atoms with van der Waals surface area (Å²) >= 11 is 0. The number of piperidine rings is 1. The second-order valence-electron chi connectivity index (χ2n) is 4.88. The van der Waals surface area contributed by atoms with Crippen LogP contribution in [0.2, 0.25) is 0 Å². The first-order chi connectivity index (χ1) is 9.82. The van der Waals surface area contributed by atoms with Gasteiger partial charge in [-0.05, 0) is 25.7 Å². The van der Waals surface area contributed by atoms with E-state index in [1.807, 2.05) is 0 Å². The van der Waals surface area contributed by atoms with Gasteiger partial charge in [0.2, 0.25) is 5.91 Å². The van der Waals surface area contributed by atoms with E-state index in [4.69, 9.17) is 15.9 Å². The van der Waals surface area contributed by atoms with Crippen molar-refractivity contribution in [1.29, 1.82) is 0 Å². The lowest BCUT2D eigenvalue weighted by molar-refractivity contribution is -0.140. The molecule has 0 radical (unpaired) electrons. The van der Waals surface area contributed by atoms with E-state index >= 15 is 0 Å². The van der Waals surface area contributed by atoms with Crippen molar-refractivity contribution in [3.05, 3.63) is 0 Å². The SMILES string of the molecule is NC(=O)C1CCCCN1C(=O)N[C@@H](CCC(=O)O)C(=O)O. The summed E-state index contributed by atoms with van der Waals surface area (Å²) in [5.74, 6) is -3.11. The van der Waals surface area contributed by atoms with Gasteiger partial charge < -0.3 is 26.2 Å². The number of urea groups is 1. The smallest absolute Gasteiger partial charge is 0.326 e. The number of nitrogens with two attached hydrogens (primary N) is 1. The van der Waals surface area contributed by atoms with E-state index in [2.05, 4.69) is 5.32 Å². The molecular formula is C12H19N3O6. The molecule has 0 bridgehead atoms. The maximum Gasteiger partial charge on any atom is 0.326 e. The summed E-state index contributed by atoms with van der Waals surface area (Å²) in [6.45, 7) is 0.310. The Kier molecular flexibility index (Phi) is 5.94. The number of carboxylic acids is 2. The predicted molar refractivity (Wildman–Crippen MR) is 70.4 cm³/mol. The van der Waals surface area contributed by atoms with Crippen molar-refractivity contribution >= 4 is 23.9 Å². The minimum absolute atomic E-state index is 0.231. The van der Waals surface area contributed by atoms with Gasteiger partial charge in [0.15, 0.2) is 0 Å². The fraction of sp³-hybridized carbons (Fsp3) is 0.667. The van der Waals surface area contributed by atoms with Gasteiger partial charge in [-0.2, -0.15) is 0 Å². The molecule has 118 valence electrons. The average Bonchev–Trinajstić information content (AvgIpc) is 2.42. The van der Waals surface area contributed by atoms with Crippen LogP contribution in [0.4, 0.5) is 4.79 Å². The zero-order chi connectivity index (χ0) is 16.0. The third-order valence-corrected chi connectivity index (χ3v) is 3.33. The van der Waals surface area contributed by atoms with Gasteiger partial charge in [-0.1, -0.05) is 0 Å². The van der Waals surface area contributed by atoms with Gasteiger partial charge in [0, 0.05) is 13.0 Å². The summed E-state index contributed by atoms with van der Waals surface area (Å²) in [4.78, 5) is 46.1. The van der Waals surface area contributed by atoms with Crippen LogP contribution in [-0.4, -0.2) is 57.6 Å². The molecule has 0 aromatic heterocycles. The number of rotatable bonds is 6. The summed E-state index contributed by atoms with van der Waals surface area (Å²) in [5.41, 5.74) is 5.23. The van der Waals surface area contributed by atoms with Gasteiger partial charge >= 0.3 is 18.0 Å². The van der Waals surface area contributed by atoms with Crippen molar-refractivity contribution in [1.82, 2.24) is 10.2 Å². The van der Waals surface area contributed by atoms with E-state index in [1.165, 1.54) is 4.90 Å². The van der Waals surface area contributed by atoms with Crippen molar-refractivity contribution < 1.29 is 29.4 Å². The average molecular weight is 301 g/mol. The molecule has 5 N–H and O–H groups in total. The van der Waals surface area contributed by atoms with Crippen molar-refractivity contribution in [3.63, 3.8) is 0 Å². The van der Waals surface area contributed by atoms with E-state index < -0.39 is 36.0 Å². The number of carbonyl (C=O) groups excluding carboxylic acids is 2. The van der Waals surface area contributed by atoms with Gasteiger partial charge in [0.1, 0.15) is 12.1 Å². The van der Waals surface area contributed by atoms with Crippen LogP contribution in [0, 0.1) is 0 Å². The van der Waals surface area contributed by atoms with Crippen molar-refractivity contribution in [2.24, 2.45) is 5.73 Å². The van der Waals surface area contributed by atoms with Gasteiger partial charge in [-0.15, -0.1) is 0 Å². The Bertz CT molecular complexity index is 439. The molecule has 1 rings (SSSR count). The van der Waals surface area contributed by atoms with Crippen LogP contribution in [0.3, 0.4) is 0 Å². The number of nitrogens with one attached hydrogen (secondary N) is 1. The lowest BCUT2D eigenvalue weighted by atomic mass is 10.0. The number of carboxylic acid groups (broad SMARTS) is 2. The molecule has 1 saturated heterocycles. The maximum absolute atomic E-state index is 12.1. The van der Waals surface area contributed by atoms with E-state index in [-0.39, 0.29) is 12.8 Å². The van der Waals surface area contributed by atoms with Crippen LogP contribution in [0.15, 0.2) is 0 Å². The molecule has 3 amide bonds. The van der Waals surface area contributed by atoms with Crippen LogP contribution in [0.25, 0.3) is 0 Å². The second kappa shape index (κ2) is 7.46. The van der Waals surface area contributed by atoms with Crippen LogP contribution >= 0.6 is 0 Å². The minimum Gasteiger partial charge on any atom is -0.481 e. The Morgan fingerprint density at radius 3 is 2.43 bits per heavy atom. The molecule has 1 aliphatic rings. The van der Waals surface area contributed by atoms with Crippen LogP contribution in [0.5, 0.6) is 0 Å². The molecule has 9 nitrogen and oxygen atoms in total. The summed E-state index contributed by atoms with van der Waals surface area (Å²) in [5, 5.41) is 19.8. The second-order valence-corrected chi connectivity index (χ2v) is 4.88. The van der Waals surface area contributed by atoms with Crippen molar-refractivity contribution in [3.8, 4) is 0 Å². The standard InChI is InChI=1S/C12H19N3O6/c13-10(18)8-3-1-2-6-15(8)12(21)14-7(11(19)20)4-5-9(16)17/h7-8H,1-6H2,(H2,13,18)(H,14,21)(H,16,17)(H,19,20)/t7-,8?/m0/s1. The number of nitrogens with zero attached hydrogens (tertiary/aromatic N) is 1. The molecule has 21 heavy (non-hydrogen) atoms. The van der Waals surface area contributed by atoms with Crippen molar-refractivity contribution in [2.75, 3.05) is 6.54 Å². The molecule has 1 heterocycles. The van der Waals surface area contributed by atoms with Gasteiger partial charge in [0.25, 0.3) is 0 Å². The van der Waals surface area contributed by atoms with E-state index in [9.17, 15) is 19.2 Å². The first kappa shape index (κ1) is 16.7. The number of carbonyl (C=O) groups is 4. The molecule has 0 aromatic carbocycles. The van der Waals surface area contributed by atoms with Crippen molar-refractivity contribution in [2.45, 2.75) is 44.2 Å². The number of amides is 3. The largest absolute Gasteiger partial charge is 0.481 e. The van der Waals surface area contributed by atoms with E-state index in [1.54, 1.807) is 0 Å². The lowest BCUT2D eigenvalue weighted by Crippen LogP contribution is -2.56. The zero-order valence-corrected chi connectivity index (χ0v) is 11.4. The topological polar surface area (TPSA) is 150 Å². The van der Waals surface area contributed by atoms with Gasteiger partial charge in [-0.25, -0.2) is 9.59 Å². The van der Waals surface area contributed by atoms with Crippen LogP contribution in [0.1, 0.15) is 32.1 Å². The van der Waals surface area contributed by atoms with E-state index in [0.717, 1.165) is 6.42 Å². The van der Waals surface area contributed by atoms with Crippen LogP contribution in [-0.2, 0) is 14.4 Å². The molecule has 2 atom stereocenters. The molecule has 1 unspecified atom stereocenters. The third kappa shape index (κ3) is 4.93.